The van der Waals surface area contributed by atoms with Gasteiger partial charge in [-0.25, -0.2) is 0 Å². The summed E-state index contributed by atoms with van der Waals surface area (Å²) in [4.78, 5) is 19.3. The number of hydrogen-bond donors (Lipinski definition) is 1. The molecular weight excluding hydrogens is 364 g/mol. The standard InChI is InChI=1S/C22H26N6O/c1-17-9-10-19(23-12-17)14-27-11-5-8-20(27)15-28-16-21(25-26-28)22(29)24-13-18-6-3-2-4-7-18/h2-4,6-7,9-10,12,16,20H,5,8,11,13-15H2,1H3,(H,24,29)/t20-/m0/s1. The van der Waals surface area contributed by atoms with Crippen LogP contribution in [0.4, 0.5) is 0 Å². The third kappa shape index (κ3) is 5.06. The number of carbonyl (C=O) groups excluding carboxylic acids is 1. The van der Waals surface area contributed by atoms with E-state index in [-0.39, 0.29) is 5.91 Å². The SMILES string of the molecule is Cc1ccc(CN2CCC[C@H]2Cn2cc(C(=O)NCc3ccccc3)nn2)nc1. The molecule has 0 aliphatic carbocycles. The van der Waals surface area contributed by atoms with Gasteiger partial charge in [0.25, 0.3) is 5.91 Å². The molecule has 0 radical (unpaired) electrons. The van der Waals surface area contributed by atoms with Crippen LogP contribution >= 0.6 is 0 Å². The van der Waals surface area contributed by atoms with Gasteiger partial charge in [-0.15, -0.1) is 5.10 Å². The Morgan fingerprint density at radius 1 is 1.21 bits per heavy atom. The maximum absolute atomic E-state index is 12.4. The lowest BCUT2D eigenvalue weighted by Crippen LogP contribution is -2.33. The second-order valence-corrected chi connectivity index (χ2v) is 7.59. The Balaban J connectivity index is 1.33. The van der Waals surface area contributed by atoms with Gasteiger partial charge >= 0.3 is 0 Å². The van der Waals surface area contributed by atoms with Crippen molar-refractivity contribution in [3.05, 3.63) is 77.4 Å². The van der Waals surface area contributed by atoms with Crippen molar-refractivity contribution in [1.82, 2.24) is 30.2 Å². The van der Waals surface area contributed by atoms with E-state index in [9.17, 15) is 4.79 Å². The molecular formula is C22H26N6O. The summed E-state index contributed by atoms with van der Waals surface area (Å²) < 4.78 is 1.78. The molecule has 1 amide bonds. The van der Waals surface area contributed by atoms with Crippen LogP contribution in [0.1, 0.15) is 40.2 Å². The number of pyridine rings is 1. The number of carbonyl (C=O) groups is 1. The number of benzene rings is 1. The van der Waals surface area contributed by atoms with Crippen LogP contribution in [0.5, 0.6) is 0 Å². The number of hydrogen-bond acceptors (Lipinski definition) is 5. The molecule has 29 heavy (non-hydrogen) atoms. The summed E-state index contributed by atoms with van der Waals surface area (Å²) in [6.07, 6.45) is 5.93. The molecule has 1 atom stereocenters. The molecule has 2 aromatic heterocycles. The van der Waals surface area contributed by atoms with E-state index in [2.05, 4.69) is 37.6 Å². The summed E-state index contributed by atoms with van der Waals surface area (Å²) in [5, 5.41) is 11.1. The van der Waals surface area contributed by atoms with E-state index in [1.807, 2.05) is 43.5 Å². The van der Waals surface area contributed by atoms with Gasteiger partial charge in [0.1, 0.15) is 0 Å². The van der Waals surface area contributed by atoms with Crippen LogP contribution in [-0.2, 0) is 19.6 Å². The second-order valence-electron chi connectivity index (χ2n) is 7.59. The highest BCUT2D eigenvalue weighted by atomic mass is 16.2. The fraction of sp³-hybridized carbons (Fsp3) is 0.364. The van der Waals surface area contributed by atoms with Gasteiger partial charge in [-0.3, -0.25) is 19.4 Å². The van der Waals surface area contributed by atoms with Gasteiger partial charge in [0.05, 0.1) is 18.4 Å². The first-order valence-electron chi connectivity index (χ1n) is 10.1. The number of likely N-dealkylation sites (tertiary alicyclic amines) is 1. The zero-order valence-electron chi connectivity index (χ0n) is 16.7. The molecule has 7 nitrogen and oxygen atoms in total. The second kappa shape index (κ2) is 8.96. The Kier molecular flexibility index (Phi) is 5.95. The first-order chi connectivity index (χ1) is 14.2. The Hall–Kier alpha value is -3.06. The molecule has 0 spiro atoms. The number of amides is 1. The molecule has 0 bridgehead atoms. The highest BCUT2D eigenvalue weighted by Crippen LogP contribution is 2.21. The summed E-state index contributed by atoms with van der Waals surface area (Å²) in [6, 6.07) is 14.4. The lowest BCUT2D eigenvalue weighted by molar-refractivity contribution is 0.0946. The van der Waals surface area contributed by atoms with E-state index in [4.69, 9.17) is 0 Å². The van der Waals surface area contributed by atoms with E-state index in [1.54, 1.807) is 10.9 Å². The van der Waals surface area contributed by atoms with Crippen LogP contribution in [0.25, 0.3) is 0 Å². The van der Waals surface area contributed by atoms with Crippen LogP contribution in [0.3, 0.4) is 0 Å². The minimum atomic E-state index is -0.202. The molecule has 0 saturated carbocycles. The fourth-order valence-corrected chi connectivity index (χ4v) is 3.69. The Morgan fingerprint density at radius 3 is 2.86 bits per heavy atom. The molecule has 150 valence electrons. The monoisotopic (exact) mass is 390 g/mol. The molecule has 1 aromatic carbocycles. The fourth-order valence-electron chi connectivity index (χ4n) is 3.69. The Labute approximate surface area is 170 Å². The van der Waals surface area contributed by atoms with Gasteiger partial charge in [-0.1, -0.05) is 41.6 Å². The highest BCUT2D eigenvalue weighted by molar-refractivity contribution is 5.91. The van der Waals surface area contributed by atoms with E-state index in [1.165, 1.54) is 5.56 Å². The molecule has 3 heterocycles. The zero-order valence-corrected chi connectivity index (χ0v) is 16.7. The summed E-state index contributed by atoms with van der Waals surface area (Å²) >= 11 is 0. The van der Waals surface area contributed by atoms with E-state index in [0.717, 1.165) is 43.7 Å². The minimum Gasteiger partial charge on any atom is -0.347 e. The number of aryl methyl sites for hydroxylation is 1. The molecule has 0 unspecified atom stereocenters. The van der Waals surface area contributed by atoms with Crippen LogP contribution in [0.15, 0.2) is 54.9 Å². The van der Waals surface area contributed by atoms with Crippen LogP contribution in [-0.4, -0.2) is 43.4 Å². The van der Waals surface area contributed by atoms with Crippen molar-refractivity contribution in [3.63, 3.8) is 0 Å². The third-order valence-electron chi connectivity index (χ3n) is 5.30. The van der Waals surface area contributed by atoms with Crippen molar-refractivity contribution in [2.24, 2.45) is 0 Å². The van der Waals surface area contributed by atoms with Gasteiger partial charge in [0.2, 0.25) is 0 Å². The molecule has 1 saturated heterocycles. The van der Waals surface area contributed by atoms with Crippen molar-refractivity contribution < 1.29 is 4.79 Å². The molecule has 4 rings (SSSR count). The zero-order chi connectivity index (χ0) is 20.1. The van der Waals surface area contributed by atoms with Crippen LogP contribution in [0.2, 0.25) is 0 Å². The first-order valence-corrected chi connectivity index (χ1v) is 10.1. The average molecular weight is 390 g/mol. The van der Waals surface area contributed by atoms with Gasteiger partial charge in [-0.05, 0) is 43.5 Å². The average Bonchev–Trinajstić information content (AvgIpc) is 3.39. The number of nitrogens with one attached hydrogen (secondary N) is 1. The molecule has 7 heteroatoms. The molecule has 1 aliphatic rings. The summed E-state index contributed by atoms with van der Waals surface area (Å²) in [5.41, 5.74) is 3.67. The maximum atomic E-state index is 12.4. The maximum Gasteiger partial charge on any atom is 0.273 e. The quantitative estimate of drug-likeness (QED) is 0.671. The van der Waals surface area contributed by atoms with Crippen molar-refractivity contribution >= 4 is 5.91 Å². The van der Waals surface area contributed by atoms with Gasteiger partial charge in [-0.2, -0.15) is 0 Å². The van der Waals surface area contributed by atoms with Crippen LogP contribution < -0.4 is 5.32 Å². The minimum absolute atomic E-state index is 0.202. The van der Waals surface area contributed by atoms with E-state index >= 15 is 0 Å². The normalized spacial score (nSPS) is 16.8. The molecule has 1 fully saturated rings. The van der Waals surface area contributed by atoms with Crippen molar-refractivity contribution in [2.75, 3.05) is 6.54 Å². The predicted molar refractivity (Wildman–Crippen MR) is 110 cm³/mol. The highest BCUT2D eigenvalue weighted by Gasteiger charge is 2.26. The van der Waals surface area contributed by atoms with Crippen molar-refractivity contribution in [3.8, 4) is 0 Å². The van der Waals surface area contributed by atoms with Gasteiger partial charge in [0.15, 0.2) is 5.69 Å². The van der Waals surface area contributed by atoms with Gasteiger partial charge < -0.3 is 5.32 Å². The summed E-state index contributed by atoms with van der Waals surface area (Å²) in [5.74, 6) is -0.202. The lowest BCUT2D eigenvalue weighted by atomic mass is 10.2. The summed E-state index contributed by atoms with van der Waals surface area (Å²) in [6.45, 7) is 5.15. The summed E-state index contributed by atoms with van der Waals surface area (Å²) in [7, 11) is 0. The topological polar surface area (TPSA) is 75.9 Å². The smallest absolute Gasteiger partial charge is 0.273 e. The molecule has 1 N–H and O–H groups in total. The molecule has 1 aliphatic heterocycles. The lowest BCUT2D eigenvalue weighted by Gasteiger charge is -2.23. The van der Waals surface area contributed by atoms with Crippen molar-refractivity contribution in [1.29, 1.82) is 0 Å². The number of aromatic nitrogens is 4. The molecule has 3 aromatic rings. The van der Waals surface area contributed by atoms with E-state index in [0.29, 0.717) is 18.3 Å². The number of nitrogens with zero attached hydrogens (tertiary/aromatic N) is 5. The van der Waals surface area contributed by atoms with Crippen LogP contribution in [0, 0.1) is 6.92 Å². The Bertz CT molecular complexity index is 937. The van der Waals surface area contributed by atoms with Crippen molar-refractivity contribution in [2.45, 2.75) is 45.4 Å². The first kappa shape index (κ1) is 19.3. The Morgan fingerprint density at radius 2 is 2.07 bits per heavy atom. The predicted octanol–water partition coefficient (Wildman–Crippen LogP) is 2.58. The third-order valence-corrected chi connectivity index (χ3v) is 5.30. The van der Waals surface area contributed by atoms with Gasteiger partial charge in [0, 0.05) is 25.3 Å². The van der Waals surface area contributed by atoms with E-state index < -0.39 is 0 Å². The number of rotatable bonds is 7. The largest absolute Gasteiger partial charge is 0.347 e.